The van der Waals surface area contributed by atoms with E-state index in [-0.39, 0.29) is 0 Å². The van der Waals surface area contributed by atoms with Crippen molar-refractivity contribution in [2.75, 3.05) is 18.6 Å². The van der Waals surface area contributed by atoms with Crippen molar-refractivity contribution in [3.63, 3.8) is 0 Å². The third kappa shape index (κ3) is 5.76. The summed E-state index contributed by atoms with van der Waals surface area (Å²) < 4.78 is 0. The van der Waals surface area contributed by atoms with Gasteiger partial charge < -0.3 is 0 Å². The van der Waals surface area contributed by atoms with Gasteiger partial charge in [-0.15, -0.1) is 6.58 Å². The lowest BCUT2D eigenvalue weighted by Gasteiger charge is -2.28. The highest BCUT2D eigenvalue weighted by Crippen LogP contribution is 2.17. The van der Waals surface area contributed by atoms with Crippen molar-refractivity contribution in [1.82, 2.24) is 4.90 Å². The van der Waals surface area contributed by atoms with Crippen LogP contribution in [0.5, 0.6) is 0 Å². The van der Waals surface area contributed by atoms with Crippen LogP contribution in [0.1, 0.15) is 27.7 Å². The zero-order chi connectivity index (χ0) is 12.7. The number of hydrogen-bond donors (Lipinski definition) is 0. The van der Waals surface area contributed by atoms with Crippen LogP contribution in [0.2, 0.25) is 0 Å². The molecule has 16 heavy (non-hydrogen) atoms. The van der Waals surface area contributed by atoms with E-state index >= 15 is 0 Å². The molecule has 0 saturated heterocycles. The summed E-state index contributed by atoms with van der Waals surface area (Å²) in [4.78, 5) is 2.36. The van der Waals surface area contributed by atoms with Crippen molar-refractivity contribution in [3.05, 3.63) is 24.8 Å². The van der Waals surface area contributed by atoms with E-state index in [1.165, 1.54) is 5.57 Å². The van der Waals surface area contributed by atoms with Crippen LogP contribution >= 0.6 is 11.8 Å². The maximum atomic E-state index is 4.10. The summed E-state index contributed by atoms with van der Waals surface area (Å²) in [5, 5.41) is 0. The molecule has 1 nitrogen and oxygen atoms in total. The second-order valence-electron chi connectivity index (χ2n) is 4.89. The Morgan fingerprint density at radius 1 is 1.31 bits per heavy atom. The van der Waals surface area contributed by atoms with Crippen LogP contribution in [0.3, 0.4) is 0 Å². The molecule has 0 aromatic rings. The minimum absolute atomic E-state index is 0.463. The molecule has 0 aromatic carbocycles. The molecule has 0 spiro atoms. The molecule has 1 atom stereocenters. The Hall–Kier alpha value is -0.210. The maximum Gasteiger partial charge on any atom is 0.0366 e. The first-order valence-corrected chi connectivity index (χ1v) is 7.15. The fraction of sp³-hybridized carbons (Fsp3) is 0.714. The Morgan fingerprint density at radius 3 is 2.25 bits per heavy atom. The van der Waals surface area contributed by atoms with Gasteiger partial charge in [0.2, 0.25) is 0 Å². The molecule has 0 aliphatic carbocycles. The molecule has 0 amide bonds. The first kappa shape index (κ1) is 15.8. The van der Waals surface area contributed by atoms with Crippen molar-refractivity contribution in [1.29, 1.82) is 0 Å². The number of likely N-dealkylation sites (N-methyl/N-ethyl adjacent to an activating group) is 1. The van der Waals surface area contributed by atoms with Gasteiger partial charge in [0, 0.05) is 23.6 Å². The number of thioether (sulfide) groups is 1. The van der Waals surface area contributed by atoms with E-state index in [0.717, 1.165) is 11.5 Å². The zero-order valence-corrected chi connectivity index (χ0v) is 12.3. The Labute approximate surface area is 106 Å². The lowest BCUT2D eigenvalue weighted by atomic mass is 10.1. The molecule has 0 rings (SSSR count). The number of nitrogens with zero attached hydrogens (tertiary/aromatic N) is 1. The second-order valence-corrected chi connectivity index (χ2v) is 5.92. The summed E-state index contributed by atoms with van der Waals surface area (Å²) in [7, 11) is 2.16. The van der Waals surface area contributed by atoms with E-state index < -0.39 is 0 Å². The van der Waals surface area contributed by atoms with E-state index in [0.29, 0.717) is 18.0 Å². The Balaban J connectivity index is 3.97. The smallest absolute Gasteiger partial charge is 0.0366 e. The fourth-order valence-electron chi connectivity index (χ4n) is 1.21. The standard InChI is InChI=1S/C14H27NS/c1-8-14(15(7)12(4)5)10-16-9-13(6)11(2)3/h8,11-12,14H,1,6,9-10H2,2-5,7H3. The molecule has 1 unspecified atom stereocenters. The summed E-state index contributed by atoms with van der Waals surface area (Å²) in [5.74, 6) is 2.76. The predicted molar refractivity (Wildman–Crippen MR) is 78.2 cm³/mol. The molecule has 0 radical (unpaired) electrons. The number of rotatable bonds is 8. The van der Waals surface area contributed by atoms with Crippen LogP contribution in [0.25, 0.3) is 0 Å². The Bertz CT molecular complexity index is 221. The summed E-state index contributed by atoms with van der Waals surface area (Å²) in [6.45, 7) is 16.9. The van der Waals surface area contributed by atoms with Gasteiger partial charge in [-0.25, -0.2) is 0 Å². The molecule has 0 bridgehead atoms. The van der Waals surface area contributed by atoms with Gasteiger partial charge in [-0.1, -0.05) is 32.1 Å². The molecule has 0 aromatic heterocycles. The van der Waals surface area contributed by atoms with Crippen LogP contribution < -0.4 is 0 Å². The molecule has 2 heteroatoms. The molecule has 0 saturated carbocycles. The van der Waals surface area contributed by atoms with Gasteiger partial charge in [-0.2, -0.15) is 11.8 Å². The van der Waals surface area contributed by atoms with Crippen LogP contribution in [0.4, 0.5) is 0 Å². The molecule has 0 fully saturated rings. The van der Waals surface area contributed by atoms with E-state index in [4.69, 9.17) is 0 Å². The fourth-order valence-corrected chi connectivity index (χ4v) is 2.54. The molecule has 0 N–H and O–H groups in total. The Kier molecular flexibility index (Phi) is 7.86. The largest absolute Gasteiger partial charge is 0.297 e. The van der Waals surface area contributed by atoms with Crippen LogP contribution in [0, 0.1) is 5.92 Å². The Morgan fingerprint density at radius 2 is 1.88 bits per heavy atom. The molecule has 0 aliphatic heterocycles. The van der Waals surface area contributed by atoms with E-state index in [9.17, 15) is 0 Å². The highest BCUT2D eigenvalue weighted by atomic mass is 32.2. The first-order valence-electron chi connectivity index (χ1n) is 6.00. The summed E-state index contributed by atoms with van der Waals surface area (Å²) in [6.07, 6.45) is 2.05. The summed E-state index contributed by atoms with van der Waals surface area (Å²) in [5.41, 5.74) is 1.33. The summed E-state index contributed by atoms with van der Waals surface area (Å²) in [6, 6.07) is 1.03. The van der Waals surface area contributed by atoms with E-state index in [2.05, 4.69) is 52.8 Å². The van der Waals surface area contributed by atoms with Gasteiger partial charge in [0.15, 0.2) is 0 Å². The maximum absolute atomic E-state index is 4.10. The molecular formula is C14H27NS. The normalized spacial score (nSPS) is 13.5. The first-order chi connectivity index (χ1) is 7.40. The van der Waals surface area contributed by atoms with Gasteiger partial charge in [-0.05, 0) is 26.8 Å². The van der Waals surface area contributed by atoms with Crippen molar-refractivity contribution in [2.45, 2.75) is 39.8 Å². The van der Waals surface area contributed by atoms with E-state index in [1.807, 2.05) is 17.8 Å². The zero-order valence-electron chi connectivity index (χ0n) is 11.5. The summed E-state index contributed by atoms with van der Waals surface area (Å²) >= 11 is 1.96. The van der Waals surface area contributed by atoms with Gasteiger partial charge in [0.1, 0.15) is 0 Å². The van der Waals surface area contributed by atoms with Crippen molar-refractivity contribution < 1.29 is 0 Å². The second kappa shape index (κ2) is 7.97. The average molecular weight is 241 g/mol. The van der Waals surface area contributed by atoms with E-state index in [1.54, 1.807) is 0 Å². The molecule has 0 aliphatic rings. The predicted octanol–water partition coefficient (Wildman–Crippen LogP) is 3.83. The van der Waals surface area contributed by atoms with Gasteiger partial charge in [0.25, 0.3) is 0 Å². The van der Waals surface area contributed by atoms with Crippen LogP contribution in [-0.4, -0.2) is 35.5 Å². The van der Waals surface area contributed by atoms with Crippen molar-refractivity contribution >= 4 is 11.8 Å². The van der Waals surface area contributed by atoms with Crippen molar-refractivity contribution in [2.24, 2.45) is 5.92 Å². The van der Waals surface area contributed by atoms with Gasteiger partial charge in [-0.3, -0.25) is 4.90 Å². The highest BCUT2D eigenvalue weighted by molar-refractivity contribution is 7.99. The topological polar surface area (TPSA) is 3.24 Å². The average Bonchev–Trinajstić information content (AvgIpc) is 2.22. The molecule has 94 valence electrons. The van der Waals surface area contributed by atoms with Crippen molar-refractivity contribution in [3.8, 4) is 0 Å². The third-order valence-electron chi connectivity index (χ3n) is 3.00. The van der Waals surface area contributed by atoms with Crippen LogP contribution in [-0.2, 0) is 0 Å². The minimum atomic E-state index is 0.463. The molecule has 0 heterocycles. The lowest BCUT2D eigenvalue weighted by molar-refractivity contribution is 0.244. The monoisotopic (exact) mass is 241 g/mol. The quantitative estimate of drug-likeness (QED) is 0.594. The lowest BCUT2D eigenvalue weighted by Crippen LogP contribution is -2.37. The van der Waals surface area contributed by atoms with Gasteiger partial charge in [0.05, 0.1) is 0 Å². The molecular weight excluding hydrogens is 214 g/mol. The third-order valence-corrected chi connectivity index (χ3v) is 4.15. The SMILES string of the molecule is C=CC(CSCC(=C)C(C)C)N(C)C(C)C. The number of hydrogen-bond acceptors (Lipinski definition) is 2. The van der Waals surface area contributed by atoms with Crippen LogP contribution in [0.15, 0.2) is 24.8 Å². The highest BCUT2D eigenvalue weighted by Gasteiger charge is 2.14. The van der Waals surface area contributed by atoms with Gasteiger partial charge >= 0.3 is 0 Å². The minimum Gasteiger partial charge on any atom is -0.297 e.